The Morgan fingerprint density at radius 2 is 1.93 bits per heavy atom. The Balaban J connectivity index is 2.00. The summed E-state index contributed by atoms with van der Waals surface area (Å²) in [6.45, 7) is 9.08. The standard InChI is InChI=1S/C21H33NO7/c1-20(2,3)29-19(25)22-15(12-26-11-14-9-7-6-8-10-14)17(23)18(24)16-13-27-21(4,5)28-16/h6-10,15-18,23-24H,11-13H2,1-5H3,(H,22,25)/t15-,16-,17+,18+/m0/s1. The van der Waals surface area contributed by atoms with Crippen LogP contribution < -0.4 is 5.32 Å². The van der Waals surface area contributed by atoms with E-state index in [0.717, 1.165) is 5.56 Å². The average Bonchev–Trinajstić information content (AvgIpc) is 2.99. The lowest BCUT2D eigenvalue weighted by Crippen LogP contribution is -2.55. The third-order valence-electron chi connectivity index (χ3n) is 4.28. The second-order valence-electron chi connectivity index (χ2n) is 8.60. The van der Waals surface area contributed by atoms with Crippen molar-refractivity contribution in [1.29, 1.82) is 0 Å². The fraction of sp³-hybridized carbons (Fsp3) is 0.667. The minimum atomic E-state index is -1.35. The summed E-state index contributed by atoms with van der Waals surface area (Å²) in [5.41, 5.74) is 0.253. The monoisotopic (exact) mass is 411 g/mol. The van der Waals surface area contributed by atoms with Gasteiger partial charge >= 0.3 is 6.09 Å². The molecule has 1 amide bonds. The van der Waals surface area contributed by atoms with Gasteiger partial charge in [0.2, 0.25) is 0 Å². The summed E-state index contributed by atoms with van der Waals surface area (Å²) < 4.78 is 22.0. The number of hydrogen-bond acceptors (Lipinski definition) is 7. The number of nitrogens with one attached hydrogen (secondary N) is 1. The number of ether oxygens (including phenoxy) is 4. The highest BCUT2D eigenvalue weighted by atomic mass is 16.7. The van der Waals surface area contributed by atoms with Crippen molar-refractivity contribution >= 4 is 6.09 Å². The summed E-state index contributed by atoms with van der Waals surface area (Å²) in [5, 5.41) is 23.9. The van der Waals surface area contributed by atoms with Crippen molar-refractivity contribution in [3.63, 3.8) is 0 Å². The molecule has 4 atom stereocenters. The van der Waals surface area contributed by atoms with Gasteiger partial charge in [0.05, 0.1) is 25.9 Å². The third kappa shape index (κ3) is 7.91. The Labute approximate surface area is 172 Å². The lowest BCUT2D eigenvalue weighted by molar-refractivity contribution is -0.163. The third-order valence-corrected chi connectivity index (χ3v) is 4.28. The lowest BCUT2D eigenvalue weighted by atomic mass is 10.0. The first-order valence-corrected chi connectivity index (χ1v) is 9.76. The number of amides is 1. The fourth-order valence-electron chi connectivity index (χ4n) is 2.90. The van der Waals surface area contributed by atoms with Crippen LogP contribution >= 0.6 is 0 Å². The number of rotatable bonds is 8. The predicted octanol–water partition coefficient (Wildman–Crippen LogP) is 1.97. The van der Waals surface area contributed by atoms with E-state index in [4.69, 9.17) is 18.9 Å². The molecule has 0 unspecified atom stereocenters. The molecule has 0 spiro atoms. The normalized spacial score (nSPS) is 22.0. The quantitative estimate of drug-likeness (QED) is 0.600. The zero-order valence-electron chi connectivity index (χ0n) is 17.8. The van der Waals surface area contributed by atoms with E-state index in [1.807, 2.05) is 30.3 Å². The second-order valence-corrected chi connectivity index (χ2v) is 8.60. The Bertz CT molecular complexity index is 644. The molecule has 29 heavy (non-hydrogen) atoms. The first-order valence-electron chi connectivity index (χ1n) is 9.76. The first-order chi connectivity index (χ1) is 13.5. The van der Waals surface area contributed by atoms with E-state index in [1.54, 1.807) is 34.6 Å². The van der Waals surface area contributed by atoms with Crippen LogP contribution in [0.2, 0.25) is 0 Å². The number of benzene rings is 1. The molecule has 0 radical (unpaired) electrons. The number of alkyl carbamates (subject to hydrolysis) is 1. The summed E-state index contributed by atoms with van der Waals surface area (Å²) in [6, 6.07) is 8.61. The maximum Gasteiger partial charge on any atom is 0.408 e. The van der Waals surface area contributed by atoms with Gasteiger partial charge in [-0.2, -0.15) is 0 Å². The van der Waals surface area contributed by atoms with Gasteiger partial charge in [-0.1, -0.05) is 30.3 Å². The molecule has 2 rings (SSSR count). The number of carbonyl (C=O) groups excluding carboxylic acids is 1. The number of hydrogen-bond donors (Lipinski definition) is 3. The zero-order chi connectivity index (χ0) is 21.7. The molecule has 0 aromatic heterocycles. The van der Waals surface area contributed by atoms with Crippen LogP contribution in [0.5, 0.6) is 0 Å². The zero-order valence-corrected chi connectivity index (χ0v) is 17.8. The number of aliphatic hydroxyl groups excluding tert-OH is 2. The summed E-state index contributed by atoms with van der Waals surface area (Å²) in [7, 11) is 0. The molecule has 1 fully saturated rings. The highest BCUT2D eigenvalue weighted by molar-refractivity contribution is 5.68. The smallest absolute Gasteiger partial charge is 0.408 e. The number of carbonyl (C=O) groups is 1. The first kappa shape index (κ1) is 23.6. The Morgan fingerprint density at radius 1 is 1.28 bits per heavy atom. The minimum absolute atomic E-state index is 0.0245. The highest BCUT2D eigenvalue weighted by Gasteiger charge is 2.42. The molecule has 1 saturated heterocycles. The van der Waals surface area contributed by atoms with Crippen LogP contribution in [-0.4, -0.2) is 65.3 Å². The molecular formula is C21H33NO7. The van der Waals surface area contributed by atoms with Crippen LogP contribution in [0.15, 0.2) is 30.3 Å². The second kappa shape index (κ2) is 9.86. The van der Waals surface area contributed by atoms with Crippen molar-refractivity contribution < 1.29 is 34.0 Å². The Kier molecular flexibility index (Phi) is 8.02. The predicted molar refractivity (Wildman–Crippen MR) is 106 cm³/mol. The molecule has 8 nitrogen and oxygen atoms in total. The van der Waals surface area contributed by atoms with E-state index < -0.39 is 41.8 Å². The topological polar surface area (TPSA) is 106 Å². The van der Waals surface area contributed by atoms with Gasteiger partial charge in [-0.05, 0) is 40.2 Å². The van der Waals surface area contributed by atoms with E-state index in [2.05, 4.69) is 5.32 Å². The van der Waals surface area contributed by atoms with Crippen molar-refractivity contribution in [2.75, 3.05) is 13.2 Å². The molecule has 0 saturated carbocycles. The van der Waals surface area contributed by atoms with Gasteiger partial charge in [0.15, 0.2) is 5.79 Å². The molecular weight excluding hydrogens is 378 g/mol. The lowest BCUT2D eigenvalue weighted by Gasteiger charge is -2.31. The van der Waals surface area contributed by atoms with Gasteiger partial charge in [-0.3, -0.25) is 0 Å². The largest absolute Gasteiger partial charge is 0.444 e. The summed E-state index contributed by atoms with van der Waals surface area (Å²) in [6.07, 6.45) is -4.06. The average molecular weight is 411 g/mol. The van der Waals surface area contributed by atoms with Gasteiger partial charge in [-0.15, -0.1) is 0 Å². The van der Waals surface area contributed by atoms with Gasteiger partial charge in [0, 0.05) is 0 Å². The van der Waals surface area contributed by atoms with Crippen molar-refractivity contribution in [2.24, 2.45) is 0 Å². The SMILES string of the molecule is CC(C)(C)OC(=O)N[C@@H](COCc1ccccc1)[C@@H](O)[C@H](O)[C@@H]1COC(C)(C)O1. The summed E-state index contributed by atoms with van der Waals surface area (Å²) >= 11 is 0. The summed E-state index contributed by atoms with van der Waals surface area (Å²) in [5.74, 6) is -0.844. The van der Waals surface area contributed by atoms with Gasteiger partial charge in [0.25, 0.3) is 0 Å². The van der Waals surface area contributed by atoms with Crippen molar-refractivity contribution in [3.05, 3.63) is 35.9 Å². The van der Waals surface area contributed by atoms with Crippen molar-refractivity contribution in [1.82, 2.24) is 5.32 Å². The van der Waals surface area contributed by atoms with E-state index in [1.165, 1.54) is 0 Å². The molecule has 1 aliphatic rings. The number of aliphatic hydroxyl groups is 2. The minimum Gasteiger partial charge on any atom is -0.444 e. The van der Waals surface area contributed by atoms with Crippen LogP contribution in [0.25, 0.3) is 0 Å². The van der Waals surface area contributed by atoms with Crippen LogP contribution in [0, 0.1) is 0 Å². The van der Waals surface area contributed by atoms with Crippen molar-refractivity contribution in [2.45, 2.75) is 77.0 Å². The van der Waals surface area contributed by atoms with Gasteiger partial charge < -0.3 is 34.5 Å². The molecule has 8 heteroatoms. The van der Waals surface area contributed by atoms with Crippen LogP contribution in [-0.2, 0) is 25.6 Å². The van der Waals surface area contributed by atoms with E-state index >= 15 is 0 Å². The molecule has 3 N–H and O–H groups in total. The fourth-order valence-corrected chi connectivity index (χ4v) is 2.90. The molecule has 1 aliphatic heterocycles. The molecule has 0 bridgehead atoms. The molecule has 1 aromatic rings. The van der Waals surface area contributed by atoms with Gasteiger partial charge in [0.1, 0.15) is 23.9 Å². The van der Waals surface area contributed by atoms with Crippen LogP contribution in [0.4, 0.5) is 4.79 Å². The van der Waals surface area contributed by atoms with E-state index in [-0.39, 0.29) is 13.2 Å². The van der Waals surface area contributed by atoms with Crippen LogP contribution in [0.1, 0.15) is 40.2 Å². The highest BCUT2D eigenvalue weighted by Crippen LogP contribution is 2.26. The van der Waals surface area contributed by atoms with Crippen molar-refractivity contribution in [3.8, 4) is 0 Å². The van der Waals surface area contributed by atoms with Crippen LogP contribution in [0.3, 0.4) is 0 Å². The molecule has 0 aliphatic carbocycles. The Hall–Kier alpha value is -1.71. The van der Waals surface area contributed by atoms with Gasteiger partial charge in [-0.25, -0.2) is 4.79 Å². The Morgan fingerprint density at radius 3 is 2.48 bits per heavy atom. The maximum atomic E-state index is 12.2. The molecule has 1 aromatic carbocycles. The maximum absolute atomic E-state index is 12.2. The molecule has 164 valence electrons. The molecule has 1 heterocycles. The van der Waals surface area contributed by atoms with E-state index in [0.29, 0.717) is 6.61 Å². The van der Waals surface area contributed by atoms with E-state index in [9.17, 15) is 15.0 Å². The summed E-state index contributed by atoms with van der Waals surface area (Å²) in [4.78, 5) is 12.2.